The summed E-state index contributed by atoms with van der Waals surface area (Å²) in [6, 6.07) is 0. The summed E-state index contributed by atoms with van der Waals surface area (Å²) in [6.45, 7) is 5.73. The zero-order valence-electron chi connectivity index (χ0n) is 7.75. The van der Waals surface area contributed by atoms with Gasteiger partial charge in [-0.3, -0.25) is 9.58 Å². The molecule has 1 aromatic rings. The van der Waals surface area contributed by atoms with Crippen LogP contribution in [-0.4, -0.2) is 27.8 Å². The Bertz CT molecular complexity index is 273. The van der Waals surface area contributed by atoms with Crippen molar-refractivity contribution in [2.24, 2.45) is 7.05 Å². The Labute approximate surface area is 73.0 Å². The largest absolute Gasteiger partial charge is 0.299 e. The van der Waals surface area contributed by atoms with Crippen LogP contribution in [0.2, 0.25) is 0 Å². The summed E-state index contributed by atoms with van der Waals surface area (Å²) in [5, 5.41) is 4.22. The van der Waals surface area contributed by atoms with Crippen molar-refractivity contribution >= 4 is 0 Å². The fourth-order valence-electron chi connectivity index (χ4n) is 1.48. The molecule has 2 heterocycles. The van der Waals surface area contributed by atoms with E-state index in [-0.39, 0.29) is 0 Å². The van der Waals surface area contributed by atoms with E-state index in [0.29, 0.717) is 0 Å². The maximum atomic E-state index is 4.22. The van der Waals surface area contributed by atoms with Gasteiger partial charge in [0.25, 0.3) is 0 Å². The zero-order chi connectivity index (χ0) is 8.55. The van der Waals surface area contributed by atoms with Crippen LogP contribution in [0.25, 0.3) is 0 Å². The molecule has 0 amide bonds. The number of rotatable bonds is 2. The second kappa shape index (κ2) is 2.90. The molecule has 0 saturated carbocycles. The van der Waals surface area contributed by atoms with Gasteiger partial charge in [0.2, 0.25) is 0 Å². The first kappa shape index (κ1) is 7.80. The minimum atomic E-state index is 1.08. The Balaban J connectivity index is 2.06. The van der Waals surface area contributed by atoms with Gasteiger partial charge in [-0.25, -0.2) is 0 Å². The van der Waals surface area contributed by atoms with Crippen LogP contribution in [0.5, 0.6) is 0 Å². The summed E-state index contributed by atoms with van der Waals surface area (Å²) < 4.78 is 1.94. The molecule has 2 rings (SSSR count). The lowest BCUT2D eigenvalue weighted by molar-refractivity contribution is 0.172. The lowest BCUT2D eigenvalue weighted by Gasteiger charge is -2.30. The molecule has 0 bridgehead atoms. The van der Waals surface area contributed by atoms with E-state index in [4.69, 9.17) is 0 Å². The highest BCUT2D eigenvalue weighted by Crippen LogP contribution is 2.14. The monoisotopic (exact) mass is 165 g/mol. The van der Waals surface area contributed by atoms with E-state index in [1.54, 1.807) is 0 Å². The van der Waals surface area contributed by atoms with Gasteiger partial charge in [0.1, 0.15) is 0 Å². The van der Waals surface area contributed by atoms with Crippen LogP contribution < -0.4 is 0 Å². The quantitative estimate of drug-likeness (QED) is 0.650. The molecule has 3 nitrogen and oxygen atoms in total. The lowest BCUT2D eigenvalue weighted by atomic mass is 10.1. The van der Waals surface area contributed by atoms with Crippen molar-refractivity contribution in [3.63, 3.8) is 0 Å². The van der Waals surface area contributed by atoms with Crippen LogP contribution in [0.1, 0.15) is 17.7 Å². The van der Waals surface area contributed by atoms with E-state index >= 15 is 0 Å². The van der Waals surface area contributed by atoms with Crippen molar-refractivity contribution < 1.29 is 0 Å². The molecule has 1 aromatic heterocycles. The van der Waals surface area contributed by atoms with Crippen LogP contribution >= 0.6 is 0 Å². The van der Waals surface area contributed by atoms with Gasteiger partial charge in [0, 0.05) is 24.8 Å². The summed E-state index contributed by atoms with van der Waals surface area (Å²) in [7, 11) is 1.99. The van der Waals surface area contributed by atoms with Crippen LogP contribution in [0.15, 0.2) is 6.20 Å². The molecule has 1 aliphatic rings. The predicted octanol–water partition coefficient (Wildman–Crippen LogP) is 0.934. The molecular formula is C9H15N3. The average Bonchev–Trinajstić information content (AvgIpc) is 2.27. The third kappa shape index (κ3) is 1.25. The van der Waals surface area contributed by atoms with E-state index in [9.17, 15) is 0 Å². The Morgan fingerprint density at radius 2 is 2.25 bits per heavy atom. The zero-order valence-corrected chi connectivity index (χ0v) is 7.75. The Morgan fingerprint density at radius 1 is 1.50 bits per heavy atom. The minimum Gasteiger partial charge on any atom is -0.299 e. The highest BCUT2D eigenvalue weighted by molar-refractivity contribution is 5.15. The van der Waals surface area contributed by atoms with Crippen LogP contribution in [0.4, 0.5) is 0 Å². The normalized spacial score (nSPS) is 17.8. The van der Waals surface area contributed by atoms with Crippen LogP contribution in [-0.2, 0) is 13.6 Å². The van der Waals surface area contributed by atoms with E-state index in [0.717, 1.165) is 6.54 Å². The minimum absolute atomic E-state index is 1.08. The second-order valence-electron chi connectivity index (χ2n) is 3.51. The van der Waals surface area contributed by atoms with Crippen LogP contribution in [0.3, 0.4) is 0 Å². The maximum absolute atomic E-state index is 4.22. The fourth-order valence-corrected chi connectivity index (χ4v) is 1.48. The van der Waals surface area contributed by atoms with Gasteiger partial charge in [0.05, 0.1) is 6.20 Å². The fraction of sp³-hybridized carbons (Fsp3) is 0.667. The van der Waals surface area contributed by atoms with E-state index in [1.165, 1.54) is 30.8 Å². The number of likely N-dealkylation sites (tertiary alicyclic amines) is 1. The molecule has 0 N–H and O–H groups in total. The molecule has 0 unspecified atom stereocenters. The van der Waals surface area contributed by atoms with Gasteiger partial charge >= 0.3 is 0 Å². The van der Waals surface area contributed by atoms with Gasteiger partial charge in [-0.1, -0.05) is 0 Å². The average molecular weight is 165 g/mol. The molecule has 1 aliphatic heterocycles. The highest BCUT2D eigenvalue weighted by Gasteiger charge is 2.15. The molecule has 12 heavy (non-hydrogen) atoms. The molecular weight excluding hydrogens is 150 g/mol. The third-order valence-electron chi connectivity index (χ3n) is 2.68. The van der Waals surface area contributed by atoms with E-state index < -0.39 is 0 Å². The summed E-state index contributed by atoms with van der Waals surface area (Å²) in [4.78, 5) is 2.45. The third-order valence-corrected chi connectivity index (χ3v) is 2.68. The smallest absolute Gasteiger partial charge is 0.0537 e. The number of aromatic nitrogens is 2. The summed E-state index contributed by atoms with van der Waals surface area (Å²) in [6.07, 6.45) is 3.34. The van der Waals surface area contributed by atoms with Crippen molar-refractivity contribution in [2.45, 2.75) is 19.9 Å². The molecule has 0 aromatic carbocycles. The Kier molecular flexibility index (Phi) is 1.89. The molecule has 66 valence electrons. The summed E-state index contributed by atoms with van der Waals surface area (Å²) in [5.74, 6) is 0. The molecule has 0 aliphatic carbocycles. The summed E-state index contributed by atoms with van der Waals surface area (Å²) >= 11 is 0. The van der Waals surface area contributed by atoms with Gasteiger partial charge in [-0.2, -0.15) is 5.10 Å². The van der Waals surface area contributed by atoms with Gasteiger partial charge in [-0.15, -0.1) is 0 Å². The summed E-state index contributed by atoms with van der Waals surface area (Å²) in [5.41, 5.74) is 2.67. The van der Waals surface area contributed by atoms with Crippen molar-refractivity contribution in [3.8, 4) is 0 Å². The molecule has 0 atom stereocenters. The molecule has 1 saturated heterocycles. The van der Waals surface area contributed by atoms with Gasteiger partial charge in [-0.05, 0) is 26.4 Å². The lowest BCUT2D eigenvalue weighted by Crippen LogP contribution is -2.36. The first-order chi connectivity index (χ1) is 5.77. The van der Waals surface area contributed by atoms with Crippen molar-refractivity contribution in [3.05, 3.63) is 17.5 Å². The second-order valence-corrected chi connectivity index (χ2v) is 3.51. The van der Waals surface area contributed by atoms with E-state index in [1.807, 2.05) is 17.9 Å². The molecule has 1 fully saturated rings. The van der Waals surface area contributed by atoms with Crippen molar-refractivity contribution in [1.82, 2.24) is 14.7 Å². The Morgan fingerprint density at radius 3 is 2.67 bits per heavy atom. The van der Waals surface area contributed by atoms with Gasteiger partial charge in [0.15, 0.2) is 0 Å². The molecule has 0 radical (unpaired) electrons. The maximum Gasteiger partial charge on any atom is 0.0537 e. The van der Waals surface area contributed by atoms with Crippen molar-refractivity contribution in [1.29, 1.82) is 0 Å². The Hall–Kier alpha value is -0.830. The molecule has 0 spiro atoms. The first-order valence-electron chi connectivity index (χ1n) is 4.47. The molecule has 3 heteroatoms. The number of nitrogens with zero attached hydrogens (tertiary/aromatic N) is 3. The SMILES string of the molecule is Cc1c(CN2CCC2)cnn1C. The van der Waals surface area contributed by atoms with Crippen molar-refractivity contribution in [2.75, 3.05) is 13.1 Å². The topological polar surface area (TPSA) is 21.1 Å². The highest BCUT2D eigenvalue weighted by atomic mass is 15.3. The van der Waals surface area contributed by atoms with E-state index in [2.05, 4.69) is 16.9 Å². The van der Waals surface area contributed by atoms with Crippen LogP contribution in [0, 0.1) is 6.92 Å². The predicted molar refractivity (Wildman–Crippen MR) is 47.8 cm³/mol. The van der Waals surface area contributed by atoms with Gasteiger partial charge < -0.3 is 0 Å². The standard InChI is InChI=1S/C9H15N3/c1-8-9(6-10-11(8)2)7-12-4-3-5-12/h6H,3-5,7H2,1-2H3. The number of aryl methyl sites for hydroxylation is 1. The number of hydrogen-bond acceptors (Lipinski definition) is 2. The number of hydrogen-bond donors (Lipinski definition) is 0. The first-order valence-corrected chi connectivity index (χ1v) is 4.47.